The molecular weight excluding hydrogens is 290 g/mol. The fraction of sp³-hybridized carbons (Fsp3) is 0.357. The Kier molecular flexibility index (Phi) is 4.52. The predicted molar refractivity (Wildman–Crippen MR) is 80.4 cm³/mol. The third-order valence-electron chi connectivity index (χ3n) is 3.05. The van der Waals surface area contributed by atoms with E-state index < -0.39 is 10.9 Å². The lowest BCUT2D eigenvalue weighted by Crippen LogP contribution is -2.35. The van der Waals surface area contributed by atoms with Gasteiger partial charge in [0.15, 0.2) is 7.05 Å². The molecule has 1 atom stereocenters. The molecule has 0 aliphatic carbocycles. The van der Waals surface area contributed by atoms with E-state index in [1.165, 1.54) is 4.68 Å². The zero-order valence-electron chi connectivity index (χ0n) is 12.4. The average Bonchev–Trinajstić information content (AvgIpc) is 2.73. The number of H-pyrrole nitrogens is 1. The van der Waals surface area contributed by atoms with Gasteiger partial charge in [-0.15, -0.1) is 0 Å². The lowest BCUT2D eigenvalue weighted by atomic mass is 10.1. The summed E-state index contributed by atoms with van der Waals surface area (Å²) in [7, 11) is 1.65. The number of hydrogen-bond acceptors (Lipinski definition) is 4. The molecule has 0 spiro atoms. The summed E-state index contributed by atoms with van der Waals surface area (Å²) in [5, 5.41) is 5.24. The molecule has 112 valence electrons. The number of carbonyl (C=O) groups excluding carboxylic acids is 1. The Morgan fingerprint density at radius 3 is 2.71 bits per heavy atom. The molecule has 0 radical (unpaired) electrons. The van der Waals surface area contributed by atoms with Crippen LogP contribution in [0.25, 0.3) is 0 Å². The summed E-state index contributed by atoms with van der Waals surface area (Å²) in [5.74, 6) is -0.160. The quantitative estimate of drug-likeness (QED) is 0.663. The van der Waals surface area contributed by atoms with Crippen molar-refractivity contribution in [2.75, 3.05) is 5.32 Å². The Bertz CT molecular complexity index is 720. The number of aryl methyl sites for hydroxylation is 3. The van der Waals surface area contributed by atoms with Crippen molar-refractivity contribution < 1.29 is 14.0 Å². The van der Waals surface area contributed by atoms with Crippen molar-refractivity contribution in [1.29, 1.82) is 0 Å². The maximum absolute atomic E-state index is 12.2. The first-order chi connectivity index (χ1) is 9.88. The van der Waals surface area contributed by atoms with Crippen LogP contribution in [0, 0.1) is 13.8 Å². The number of nitrogens with one attached hydrogen (secondary N) is 2. The van der Waals surface area contributed by atoms with Crippen LogP contribution in [0.2, 0.25) is 0 Å². The summed E-state index contributed by atoms with van der Waals surface area (Å²) in [6.07, 6.45) is 0. The lowest BCUT2D eigenvalue weighted by Gasteiger charge is -2.12. The van der Waals surface area contributed by atoms with E-state index in [0.29, 0.717) is 5.03 Å². The van der Waals surface area contributed by atoms with E-state index in [-0.39, 0.29) is 5.91 Å². The Labute approximate surface area is 126 Å². The Morgan fingerprint density at radius 1 is 1.43 bits per heavy atom. The molecule has 0 aliphatic rings. The standard InChI is InChI=1S/C14H17N3O3S/c1-8-5-6-11(9(2)7-8)15-12(18)10(3)21-13-14(19)20-16-17(13)4/h5-7,10H,1-4H3,(H-,15,16,18,19)/p+1. The Morgan fingerprint density at radius 2 is 2.14 bits per heavy atom. The molecule has 0 saturated carbocycles. The van der Waals surface area contributed by atoms with Gasteiger partial charge in [-0.3, -0.25) is 9.32 Å². The molecule has 2 N–H and O–H groups in total. The molecule has 1 heterocycles. The van der Waals surface area contributed by atoms with Crippen LogP contribution < -0.4 is 15.6 Å². The van der Waals surface area contributed by atoms with Crippen LogP contribution in [-0.4, -0.2) is 16.4 Å². The number of benzene rings is 1. The van der Waals surface area contributed by atoms with Gasteiger partial charge in [0, 0.05) is 5.69 Å². The summed E-state index contributed by atoms with van der Waals surface area (Å²) < 4.78 is 6.11. The van der Waals surface area contributed by atoms with Gasteiger partial charge < -0.3 is 5.32 Å². The van der Waals surface area contributed by atoms with Crippen molar-refractivity contribution in [3.05, 3.63) is 39.7 Å². The molecule has 1 unspecified atom stereocenters. The first-order valence-electron chi connectivity index (χ1n) is 6.50. The monoisotopic (exact) mass is 308 g/mol. The maximum atomic E-state index is 12.2. The first-order valence-corrected chi connectivity index (χ1v) is 7.38. The van der Waals surface area contributed by atoms with Crippen molar-refractivity contribution in [2.45, 2.75) is 31.0 Å². The normalized spacial score (nSPS) is 12.2. The first kappa shape index (κ1) is 15.4. The molecule has 0 bridgehead atoms. The van der Waals surface area contributed by atoms with Crippen molar-refractivity contribution in [3.63, 3.8) is 0 Å². The second-order valence-electron chi connectivity index (χ2n) is 4.91. The van der Waals surface area contributed by atoms with Crippen LogP contribution in [0.4, 0.5) is 5.69 Å². The third kappa shape index (κ3) is 3.55. The topological polar surface area (TPSA) is 79.0 Å². The van der Waals surface area contributed by atoms with Gasteiger partial charge in [0.05, 0.1) is 5.25 Å². The van der Waals surface area contributed by atoms with E-state index in [1.54, 1.807) is 14.0 Å². The number of rotatable bonds is 4. The average molecular weight is 308 g/mol. The molecule has 1 amide bonds. The number of thioether (sulfide) groups is 1. The van der Waals surface area contributed by atoms with Crippen LogP contribution >= 0.6 is 11.8 Å². The van der Waals surface area contributed by atoms with Gasteiger partial charge in [-0.2, -0.15) is 0 Å². The van der Waals surface area contributed by atoms with Gasteiger partial charge in [0.25, 0.3) is 0 Å². The van der Waals surface area contributed by atoms with Gasteiger partial charge in [-0.25, -0.2) is 4.79 Å². The molecule has 6 nitrogen and oxygen atoms in total. The fourth-order valence-corrected chi connectivity index (χ4v) is 2.70. The maximum Gasteiger partial charge on any atom is 0.441 e. The number of anilines is 1. The molecule has 2 aromatic rings. The van der Waals surface area contributed by atoms with E-state index >= 15 is 0 Å². The number of hydrogen-bond donors (Lipinski definition) is 2. The van der Waals surface area contributed by atoms with Crippen LogP contribution in [0.5, 0.6) is 0 Å². The molecule has 2 rings (SSSR count). The third-order valence-corrected chi connectivity index (χ3v) is 4.28. The summed E-state index contributed by atoms with van der Waals surface area (Å²) in [6, 6.07) is 5.83. The fourth-order valence-electron chi connectivity index (χ4n) is 1.87. The molecule has 21 heavy (non-hydrogen) atoms. The minimum absolute atomic E-state index is 0.160. The lowest BCUT2D eigenvalue weighted by molar-refractivity contribution is -0.772. The second kappa shape index (κ2) is 6.17. The minimum atomic E-state index is -0.478. The highest BCUT2D eigenvalue weighted by atomic mass is 32.2. The van der Waals surface area contributed by atoms with E-state index in [1.807, 2.05) is 32.0 Å². The highest BCUT2D eigenvalue weighted by Gasteiger charge is 2.25. The highest BCUT2D eigenvalue weighted by molar-refractivity contribution is 8.00. The Hall–Kier alpha value is -2.02. The van der Waals surface area contributed by atoms with Gasteiger partial charge in [0.2, 0.25) is 5.91 Å². The highest BCUT2D eigenvalue weighted by Crippen LogP contribution is 2.20. The Balaban J connectivity index is 2.08. The zero-order valence-corrected chi connectivity index (χ0v) is 13.2. The smallest absolute Gasteiger partial charge is 0.325 e. The molecule has 1 aromatic heterocycles. The van der Waals surface area contributed by atoms with Crippen molar-refractivity contribution in [2.24, 2.45) is 7.05 Å². The summed E-state index contributed by atoms with van der Waals surface area (Å²) in [5.41, 5.74) is 2.45. The van der Waals surface area contributed by atoms with Crippen LogP contribution in [0.1, 0.15) is 18.1 Å². The van der Waals surface area contributed by atoms with Gasteiger partial charge >= 0.3 is 10.7 Å². The summed E-state index contributed by atoms with van der Waals surface area (Å²) in [4.78, 5) is 23.7. The van der Waals surface area contributed by atoms with Crippen LogP contribution in [0.15, 0.2) is 32.5 Å². The van der Waals surface area contributed by atoms with Crippen LogP contribution in [-0.2, 0) is 11.8 Å². The largest absolute Gasteiger partial charge is 0.441 e. The van der Waals surface area contributed by atoms with Gasteiger partial charge in [0.1, 0.15) is 0 Å². The number of carbonyl (C=O) groups is 1. The van der Waals surface area contributed by atoms with Gasteiger partial charge in [-0.05, 0) is 49.4 Å². The van der Waals surface area contributed by atoms with Crippen molar-refractivity contribution in [1.82, 2.24) is 5.27 Å². The van der Waals surface area contributed by atoms with E-state index in [0.717, 1.165) is 28.6 Å². The predicted octanol–water partition coefficient (Wildman–Crippen LogP) is 1.53. The summed E-state index contributed by atoms with van der Waals surface area (Å²) in [6.45, 7) is 5.69. The number of nitrogens with zero attached hydrogens (tertiary/aromatic N) is 1. The number of aromatic amines is 1. The molecular formula is C14H18N3O3S+. The van der Waals surface area contributed by atoms with Gasteiger partial charge in [-0.1, -0.05) is 22.4 Å². The molecule has 7 heteroatoms. The van der Waals surface area contributed by atoms with E-state index in [9.17, 15) is 9.59 Å². The van der Waals surface area contributed by atoms with Crippen molar-refractivity contribution >= 4 is 23.4 Å². The second-order valence-corrected chi connectivity index (χ2v) is 6.24. The molecule has 0 fully saturated rings. The minimum Gasteiger partial charge on any atom is -0.325 e. The molecule has 0 aliphatic heterocycles. The number of amides is 1. The van der Waals surface area contributed by atoms with Crippen LogP contribution in [0.3, 0.4) is 0 Å². The molecule has 0 saturated heterocycles. The molecule has 1 aromatic carbocycles. The van der Waals surface area contributed by atoms with Crippen molar-refractivity contribution in [3.8, 4) is 0 Å². The van der Waals surface area contributed by atoms with E-state index in [2.05, 4.69) is 15.1 Å². The summed E-state index contributed by atoms with van der Waals surface area (Å²) >= 11 is 1.15. The van der Waals surface area contributed by atoms with E-state index in [4.69, 9.17) is 0 Å². The zero-order chi connectivity index (χ0) is 15.6. The number of aromatic nitrogens is 2. The SMILES string of the molecule is Cc1ccc(NC(=O)C(C)Sc2c(=O)o[nH][n+]2C)c(C)c1.